The van der Waals surface area contributed by atoms with Gasteiger partial charge < -0.3 is 15.0 Å². The first-order chi connectivity index (χ1) is 9.87. The van der Waals surface area contributed by atoms with Crippen molar-refractivity contribution in [3.8, 4) is 5.75 Å². The fourth-order valence-corrected chi connectivity index (χ4v) is 2.68. The number of hydrogen-bond donors (Lipinski definition) is 1. The Kier molecular flexibility index (Phi) is 4.76. The number of carbonyl (C=O) groups excluding carboxylic acids is 1. The maximum absolute atomic E-state index is 12.1. The van der Waals surface area contributed by atoms with Crippen molar-refractivity contribution in [2.75, 3.05) is 20.2 Å². The zero-order valence-electron chi connectivity index (χ0n) is 13.5. The summed E-state index contributed by atoms with van der Waals surface area (Å²) >= 11 is 0. The summed E-state index contributed by atoms with van der Waals surface area (Å²) in [5.74, 6) is 1.43. The fourth-order valence-electron chi connectivity index (χ4n) is 2.68. The van der Waals surface area contributed by atoms with E-state index in [1.807, 2.05) is 37.8 Å². The molecule has 2 amide bonds. The molecule has 0 spiro atoms. The molecule has 1 aromatic carbocycles. The van der Waals surface area contributed by atoms with Gasteiger partial charge in [-0.05, 0) is 57.2 Å². The van der Waals surface area contributed by atoms with Gasteiger partial charge in [0.2, 0.25) is 0 Å². The van der Waals surface area contributed by atoms with E-state index in [4.69, 9.17) is 4.74 Å². The van der Waals surface area contributed by atoms with Crippen molar-refractivity contribution in [3.05, 3.63) is 29.8 Å². The van der Waals surface area contributed by atoms with Gasteiger partial charge in [-0.25, -0.2) is 4.79 Å². The van der Waals surface area contributed by atoms with Crippen LogP contribution in [0, 0.1) is 5.92 Å². The van der Waals surface area contributed by atoms with Crippen LogP contribution in [-0.4, -0.2) is 36.7 Å². The summed E-state index contributed by atoms with van der Waals surface area (Å²) in [7, 11) is 1.68. The van der Waals surface area contributed by atoms with Crippen molar-refractivity contribution in [3.63, 3.8) is 0 Å². The topological polar surface area (TPSA) is 41.6 Å². The van der Waals surface area contributed by atoms with Gasteiger partial charge in [-0.1, -0.05) is 12.1 Å². The molecule has 1 N–H and O–H groups in total. The third kappa shape index (κ3) is 4.66. The second-order valence-corrected chi connectivity index (χ2v) is 6.83. The second kappa shape index (κ2) is 6.37. The van der Waals surface area contributed by atoms with Gasteiger partial charge in [0.05, 0.1) is 7.11 Å². The summed E-state index contributed by atoms with van der Waals surface area (Å²) in [6.45, 7) is 7.72. The first kappa shape index (κ1) is 15.7. The van der Waals surface area contributed by atoms with Crippen molar-refractivity contribution in [2.24, 2.45) is 5.92 Å². The van der Waals surface area contributed by atoms with Gasteiger partial charge in [0.25, 0.3) is 0 Å². The van der Waals surface area contributed by atoms with E-state index >= 15 is 0 Å². The van der Waals surface area contributed by atoms with Crippen LogP contribution in [0.25, 0.3) is 0 Å². The molecule has 1 aliphatic rings. The molecule has 21 heavy (non-hydrogen) atoms. The van der Waals surface area contributed by atoms with Crippen LogP contribution in [0.4, 0.5) is 4.79 Å². The van der Waals surface area contributed by atoms with E-state index in [1.54, 1.807) is 7.11 Å². The van der Waals surface area contributed by atoms with Gasteiger partial charge in [0.1, 0.15) is 5.75 Å². The molecular weight excluding hydrogens is 264 g/mol. The Morgan fingerprint density at radius 1 is 1.33 bits per heavy atom. The number of methoxy groups -OCH3 is 1. The maximum Gasteiger partial charge on any atom is 0.317 e. The average molecular weight is 290 g/mol. The van der Waals surface area contributed by atoms with E-state index in [2.05, 4.69) is 17.4 Å². The summed E-state index contributed by atoms with van der Waals surface area (Å²) in [5, 5.41) is 3.03. The monoisotopic (exact) mass is 290 g/mol. The molecule has 0 saturated carbocycles. The summed E-state index contributed by atoms with van der Waals surface area (Å²) in [5.41, 5.74) is 1.13. The highest BCUT2D eigenvalue weighted by Crippen LogP contribution is 2.22. The van der Waals surface area contributed by atoms with E-state index < -0.39 is 0 Å². The summed E-state index contributed by atoms with van der Waals surface area (Å²) in [6, 6.07) is 8.26. The van der Waals surface area contributed by atoms with Gasteiger partial charge >= 0.3 is 6.03 Å². The minimum absolute atomic E-state index is 0.0553. The lowest BCUT2D eigenvalue weighted by Gasteiger charge is -2.25. The number of nitrogens with zero attached hydrogens (tertiary/aromatic N) is 1. The minimum atomic E-state index is -0.175. The fraction of sp³-hybridized carbons (Fsp3) is 0.588. The number of rotatable bonds is 3. The quantitative estimate of drug-likeness (QED) is 0.929. The van der Waals surface area contributed by atoms with Crippen LogP contribution >= 0.6 is 0 Å². The molecule has 1 fully saturated rings. The minimum Gasteiger partial charge on any atom is -0.497 e. The van der Waals surface area contributed by atoms with Crippen LogP contribution in [-0.2, 0) is 6.42 Å². The van der Waals surface area contributed by atoms with Crippen LogP contribution in [0.3, 0.4) is 0 Å². The van der Waals surface area contributed by atoms with E-state index in [-0.39, 0.29) is 11.6 Å². The Labute approximate surface area is 127 Å². The third-order valence-electron chi connectivity index (χ3n) is 3.74. The van der Waals surface area contributed by atoms with E-state index in [1.165, 1.54) is 5.56 Å². The lowest BCUT2D eigenvalue weighted by molar-refractivity contribution is 0.197. The number of carbonyl (C=O) groups is 1. The highest BCUT2D eigenvalue weighted by atomic mass is 16.5. The van der Waals surface area contributed by atoms with Gasteiger partial charge in [0.15, 0.2) is 0 Å². The van der Waals surface area contributed by atoms with Crippen molar-refractivity contribution >= 4 is 6.03 Å². The first-order valence-electron chi connectivity index (χ1n) is 7.57. The molecule has 1 aliphatic heterocycles. The molecule has 0 radical (unpaired) electrons. The van der Waals surface area contributed by atoms with Crippen LogP contribution < -0.4 is 10.1 Å². The Bertz CT molecular complexity index is 477. The standard InChI is InChI=1S/C17H26N2O2/c1-17(2,3)18-16(20)19-10-9-14(12-19)11-13-5-7-15(21-4)8-6-13/h5-8,14H,9-12H2,1-4H3,(H,18,20). The molecule has 0 bridgehead atoms. The van der Waals surface area contributed by atoms with Gasteiger partial charge in [-0.2, -0.15) is 0 Å². The van der Waals surface area contributed by atoms with Crippen molar-refractivity contribution < 1.29 is 9.53 Å². The van der Waals surface area contributed by atoms with E-state index in [0.717, 1.165) is 31.7 Å². The van der Waals surface area contributed by atoms with E-state index in [9.17, 15) is 4.79 Å². The highest BCUT2D eigenvalue weighted by Gasteiger charge is 2.28. The Hall–Kier alpha value is -1.71. The molecule has 4 nitrogen and oxygen atoms in total. The summed E-state index contributed by atoms with van der Waals surface area (Å²) < 4.78 is 5.17. The molecule has 4 heteroatoms. The number of likely N-dealkylation sites (tertiary alicyclic amines) is 1. The average Bonchev–Trinajstić information content (AvgIpc) is 2.86. The normalized spacial score (nSPS) is 18.7. The van der Waals surface area contributed by atoms with Crippen LogP contribution in [0.1, 0.15) is 32.8 Å². The Balaban J connectivity index is 1.86. The molecule has 1 heterocycles. The molecule has 1 unspecified atom stereocenters. The van der Waals surface area contributed by atoms with Gasteiger partial charge in [0, 0.05) is 18.6 Å². The van der Waals surface area contributed by atoms with Crippen molar-refractivity contribution in [1.29, 1.82) is 0 Å². The number of benzene rings is 1. The zero-order valence-corrected chi connectivity index (χ0v) is 13.5. The lowest BCUT2D eigenvalue weighted by atomic mass is 9.99. The predicted octanol–water partition coefficient (Wildman–Crippen LogP) is 3.07. The van der Waals surface area contributed by atoms with Gasteiger partial charge in [-0.15, -0.1) is 0 Å². The second-order valence-electron chi connectivity index (χ2n) is 6.83. The Morgan fingerprint density at radius 3 is 2.57 bits per heavy atom. The molecule has 116 valence electrons. The highest BCUT2D eigenvalue weighted by molar-refractivity contribution is 5.75. The molecular formula is C17H26N2O2. The first-order valence-corrected chi connectivity index (χ1v) is 7.57. The number of urea groups is 1. The maximum atomic E-state index is 12.1. The molecule has 0 aliphatic carbocycles. The largest absolute Gasteiger partial charge is 0.497 e. The number of hydrogen-bond acceptors (Lipinski definition) is 2. The van der Waals surface area contributed by atoms with Crippen LogP contribution in [0.15, 0.2) is 24.3 Å². The predicted molar refractivity (Wildman–Crippen MR) is 84.7 cm³/mol. The number of ether oxygens (including phenoxy) is 1. The number of amides is 2. The molecule has 1 atom stereocenters. The summed E-state index contributed by atoms with van der Waals surface area (Å²) in [6.07, 6.45) is 2.09. The Morgan fingerprint density at radius 2 is 2.00 bits per heavy atom. The third-order valence-corrected chi connectivity index (χ3v) is 3.74. The van der Waals surface area contributed by atoms with Crippen molar-refractivity contribution in [1.82, 2.24) is 10.2 Å². The van der Waals surface area contributed by atoms with Crippen LogP contribution in [0.5, 0.6) is 5.75 Å². The SMILES string of the molecule is COc1ccc(CC2CCN(C(=O)NC(C)(C)C)C2)cc1. The number of nitrogens with one attached hydrogen (secondary N) is 1. The lowest BCUT2D eigenvalue weighted by Crippen LogP contribution is -2.47. The smallest absolute Gasteiger partial charge is 0.317 e. The molecule has 1 saturated heterocycles. The van der Waals surface area contributed by atoms with Gasteiger partial charge in [-0.3, -0.25) is 0 Å². The van der Waals surface area contributed by atoms with E-state index in [0.29, 0.717) is 5.92 Å². The summed E-state index contributed by atoms with van der Waals surface area (Å²) in [4.78, 5) is 14.1. The zero-order chi connectivity index (χ0) is 15.5. The molecule has 2 rings (SSSR count). The van der Waals surface area contributed by atoms with Crippen molar-refractivity contribution in [2.45, 2.75) is 39.2 Å². The molecule has 0 aromatic heterocycles. The molecule has 1 aromatic rings. The van der Waals surface area contributed by atoms with Crippen LogP contribution in [0.2, 0.25) is 0 Å².